The lowest BCUT2D eigenvalue weighted by atomic mass is 9.90. The molecule has 1 aromatic carbocycles. The van der Waals surface area contributed by atoms with Crippen LogP contribution < -0.4 is 0 Å². The van der Waals surface area contributed by atoms with E-state index in [2.05, 4.69) is 4.74 Å². The third-order valence-electron chi connectivity index (χ3n) is 3.38. The van der Waals surface area contributed by atoms with Crippen LogP contribution >= 0.6 is 0 Å². The molecule has 1 N–H and O–H groups in total. The van der Waals surface area contributed by atoms with Gasteiger partial charge in [0, 0.05) is 0 Å². The molecular weight excluding hydrogens is 220 g/mol. The molecule has 0 amide bonds. The molecule has 0 unspecified atom stereocenters. The molecule has 1 aliphatic carbocycles. The number of methoxy groups -OCH3 is 1. The number of ketones is 1. The van der Waals surface area contributed by atoms with E-state index in [4.69, 9.17) is 0 Å². The highest BCUT2D eigenvalue weighted by Crippen LogP contribution is 2.49. The zero-order valence-corrected chi connectivity index (χ0v) is 9.82. The average Bonchev–Trinajstić information content (AvgIpc) is 3.10. The van der Waals surface area contributed by atoms with Gasteiger partial charge in [-0.05, 0) is 37.5 Å². The van der Waals surface area contributed by atoms with Crippen LogP contribution in [0, 0.1) is 0 Å². The summed E-state index contributed by atoms with van der Waals surface area (Å²) in [6, 6.07) is 4.68. The van der Waals surface area contributed by atoms with Crippen molar-refractivity contribution in [1.29, 1.82) is 0 Å². The minimum atomic E-state index is -0.594. The largest absolute Gasteiger partial charge is 0.507 e. The molecule has 0 bridgehead atoms. The number of Topliss-reactive ketones (excluding diaryl/α,β-unsaturated/α-hetero) is 1. The first-order valence-electron chi connectivity index (χ1n) is 5.44. The van der Waals surface area contributed by atoms with Gasteiger partial charge in [-0.3, -0.25) is 4.79 Å². The van der Waals surface area contributed by atoms with Crippen molar-refractivity contribution in [2.45, 2.75) is 25.2 Å². The molecular formula is C13H14O4. The Bertz CT molecular complexity index is 486. The Morgan fingerprint density at radius 2 is 2.00 bits per heavy atom. The number of phenols is 1. The summed E-state index contributed by atoms with van der Waals surface area (Å²) in [5.74, 6) is -0.623. The number of hydrogen-bond donors (Lipinski definition) is 1. The molecule has 0 atom stereocenters. The number of carbonyl (C=O) groups is 2. The number of ether oxygens (including phenoxy) is 1. The second-order valence-electron chi connectivity index (χ2n) is 4.36. The zero-order valence-electron chi connectivity index (χ0n) is 9.82. The summed E-state index contributed by atoms with van der Waals surface area (Å²) in [7, 11) is 1.26. The van der Waals surface area contributed by atoms with E-state index in [0.717, 1.165) is 18.4 Å². The SMILES string of the molecule is COC(=O)c1cc(C2(C(C)=O)CC2)ccc1O. The van der Waals surface area contributed by atoms with Crippen molar-refractivity contribution in [3.05, 3.63) is 29.3 Å². The second-order valence-corrected chi connectivity index (χ2v) is 4.36. The van der Waals surface area contributed by atoms with Crippen LogP contribution in [-0.4, -0.2) is 24.0 Å². The summed E-state index contributed by atoms with van der Waals surface area (Å²) in [6.07, 6.45) is 1.60. The smallest absolute Gasteiger partial charge is 0.341 e. The van der Waals surface area contributed by atoms with E-state index in [9.17, 15) is 14.7 Å². The average molecular weight is 234 g/mol. The number of phenolic OH excluding ortho intramolecular Hbond substituents is 1. The van der Waals surface area contributed by atoms with E-state index in [-0.39, 0.29) is 17.1 Å². The van der Waals surface area contributed by atoms with E-state index < -0.39 is 11.4 Å². The normalized spacial score (nSPS) is 16.4. The van der Waals surface area contributed by atoms with E-state index >= 15 is 0 Å². The molecule has 0 aromatic heterocycles. The number of aromatic hydroxyl groups is 1. The van der Waals surface area contributed by atoms with Crippen molar-refractivity contribution in [3.8, 4) is 5.75 Å². The van der Waals surface area contributed by atoms with Gasteiger partial charge < -0.3 is 9.84 Å². The van der Waals surface area contributed by atoms with Gasteiger partial charge in [0.05, 0.1) is 12.5 Å². The maximum Gasteiger partial charge on any atom is 0.341 e. The van der Waals surface area contributed by atoms with E-state index in [0.29, 0.717) is 0 Å². The lowest BCUT2D eigenvalue weighted by Gasteiger charge is -2.13. The van der Waals surface area contributed by atoms with Crippen molar-refractivity contribution in [2.75, 3.05) is 7.11 Å². The highest BCUT2D eigenvalue weighted by atomic mass is 16.5. The Hall–Kier alpha value is -1.84. The van der Waals surface area contributed by atoms with Gasteiger partial charge in [0.1, 0.15) is 17.1 Å². The quantitative estimate of drug-likeness (QED) is 0.810. The van der Waals surface area contributed by atoms with Gasteiger partial charge in [0.2, 0.25) is 0 Å². The van der Waals surface area contributed by atoms with Crippen LogP contribution in [-0.2, 0) is 14.9 Å². The summed E-state index contributed by atoms with van der Waals surface area (Å²) in [5, 5.41) is 9.58. The molecule has 0 aliphatic heterocycles. The fraction of sp³-hybridized carbons (Fsp3) is 0.385. The molecule has 0 spiro atoms. The fourth-order valence-corrected chi connectivity index (χ4v) is 2.08. The van der Waals surface area contributed by atoms with Gasteiger partial charge in [0.15, 0.2) is 0 Å². The maximum absolute atomic E-state index is 11.6. The summed E-state index contributed by atoms with van der Waals surface area (Å²) in [4.78, 5) is 23.0. The van der Waals surface area contributed by atoms with Crippen molar-refractivity contribution < 1.29 is 19.4 Å². The lowest BCUT2D eigenvalue weighted by Crippen LogP contribution is -2.17. The van der Waals surface area contributed by atoms with Gasteiger partial charge in [0.25, 0.3) is 0 Å². The standard InChI is InChI=1S/C13H14O4/c1-8(14)13(5-6-13)9-3-4-11(15)10(7-9)12(16)17-2/h3-4,7,15H,5-6H2,1-2H3. The molecule has 1 aliphatic rings. The van der Waals surface area contributed by atoms with E-state index in [1.54, 1.807) is 19.1 Å². The van der Waals surface area contributed by atoms with Gasteiger partial charge in [-0.25, -0.2) is 4.79 Å². The Morgan fingerprint density at radius 1 is 1.35 bits per heavy atom. The van der Waals surface area contributed by atoms with Crippen molar-refractivity contribution in [1.82, 2.24) is 0 Å². The summed E-state index contributed by atoms with van der Waals surface area (Å²) < 4.78 is 4.58. The van der Waals surface area contributed by atoms with Crippen molar-refractivity contribution in [3.63, 3.8) is 0 Å². The van der Waals surface area contributed by atoms with E-state index in [1.807, 2.05) is 0 Å². The lowest BCUT2D eigenvalue weighted by molar-refractivity contribution is -0.119. The van der Waals surface area contributed by atoms with Gasteiger partial charge in [-0.2, -0.15) is 0 Å². The third kappa shape index (κ3) is 1.79. The van der Waals surface area contributed by atoms with Crippen LogP contribution in [0.15, 0.2) is 18.2 Å². The highest BCUT2D eigenvalue weighted by molar-refractivity contribution is 5.95. The van der Waals surface area contributed by atoms with Crippen LogP contribution in [0.2, 0.25) is 0 Å². The summed E-state index contributed by atoms with van der Waals surface area (Å²) in [5.41, 5.74) is 0.442. The second kappa shape index (κ2) is 3.87. The molecule has 0 saturated heterocycles. The monoisotopic (exact) mass is 234 g/mol. The fourth-order valence-electron chi connectivity index (χ4n) is 2.08. The molecule has 0 heterocycles. The predicted molar refractivity (Wildman–Crippen MR) is 61.0 cm³/mol. The molecule has 0 radical (unpaired) electrons. The van der Waals surface area contributed by atoms with Crippen molar-refractivity contribution >= 4 is 11.8 Å². The minimum absolute atomic E-state index is 0.0963. The third-order valence-corrected chi connectivity index (χ3v) is 3.38. The zero-order chi connectivity index (χ0) is 12.6. The topological polar surface area (TPSA) is 63.6 Å². The molecule has 1 fully saturated rings. The van der Waals surface area contributed by atoms with E-state index in [1.165, 1.54) is 13.2 Å². The molecule has 1 aromatic rings. The van der Waals surface area contributed by atoms with Crippen molar-refractivity contribution in [2.24, 2.45) is 0 Å². The summed E-state index contributed by atoms with van der Waals surface area (Å²) >= 11 is 0. The predicted octanol–water partition coefficient (Wildman–Crippen LogP) is 1.80. The molecule has 2 rings (SSSR count). The number of esters is 1. The Morgan fingerprint density at radius 3 is 2.47 bits per heavy atom. The van der Waals surface area contributed by atoms with Crippen LogP contribution in [0.25, 0.3) is 0 Å². The molecule has 17 heavy (non-hydrogen) atoms. The summed E-state index contributed by atoms with van der Waals surface area (Å²) in [6.45, 7) is 1.55. The Labute approximate surface area is 99.2 Å². The first-order valence-corrected chi connectivity index (χ1v) is 5.44. The molecule has 4 nitrogen and oxygen atoms in total. The van der Waals surface area contributed by atoms with Crippen LogP contribution in [0.3, 0.4) is 0 Å². The van der Waals surface area contributed by atoms with Gasteiger partial charge in [-0.1, -0.05) is 6.07 Å². The Balaban J connectivity index is 2.45. The first kappa shape index (κ1) is 11.6. The molecule has 4 heteroatoms. The minimum Gasteiger partial charge on any atom is -0.507 e. The number of hydrogen-bond acceptors (Lipinski definition) is 4. The molecule has 1 saturated carbocycles. The first-order chi connectivity index (χ1) is 8.01. The van der Waals surface area contributed by atoms with Gasteiger partial charge >= 0.3 is 5.97 Å². The number of benzene rings is 1. The van der Waals surface area contributed by atoms with Crippen LogP contribution in [0.4, 0.5) is 0 Å². The van der Waals surface area contributed by atoms with Crippen LogP contribution in [0.5, 0.6) is 5.75 Å². The maximum atomic E-state index is 11.6. The number of rotatable bonds is 3. The Kier molecular flexibility index (Phi) is 2.65. The molecule has 90 valence electrons. The van der Waals surface area contributed by atoms with Gasteiger partial charge in [-0.15, -0.1) is 0 Å². The highest BCUT2D eigenvalue weighted by Gasteiger charge is 2.49. The van der Waals surface area contributed by atoms with Crippen LogP contribution in [0.1, 0.15) is 35.7 Å². The number of carbonyl (C=O) groups excluding carboxylic acids is 2.